The molecule has 1 N–H and O–H groups in total. The molecule has 0 heterocycles. The fourth-order valence-electron chi connectivity index (χ4n) is 1.52. The fourth-order valence-corrected chi connectivity index (χ4v) is 1.52. The SMILES string of the molecule is OCC(F)(OC(F)(F)C(F)(F)OC(F)(F)C(F)(F)C(F)(F)C(F)(F)F)C(F)(F)C(F)(F)C(F)(F)F. The van der Waals surface area contributed by atoms with Crippen LogP contribution < -0.4 is 0 Å². The lowest BCUT2D eigenvalue weighted by Gasteiger charge is -2.40. The van der Waals surface area contributed by atoms with Gasteiger partial charge in [0, 0.05) is 0 Å². The number of alkyl halides is 21. The summed E-state index contributed by atoms with van der Waals surface area (Å²) in [4.78, 5) is 0. The summed E-state index contributed by atoms with van der Waals surface area (Å²) >= 11 is 0. The first-order chi connectivity index (χ1) is 14.7. The first-order valence-electron chi connectivity index (χ1n) is 7.20. The Balaban J connectivity index is 6.45. The van der Waals surface area contributed by atoms with E-state index < -0.39 is 66.8 Å². The maximum Gasteiger partial charge on any atom is 0.460 e. The van der Waals surface area contributed by atoms with Crippen molar-refractivity contribution >= 4 is 0 Å². The summed E-state index contributed by atoms with van der Waals surface area (Å²) in [7, 11) is 0. The van der Waals surface area contributed by atoms with Crippen LogP contribution in [0.2, 0.25) is 0 Å². The number of hydrogen-bond acceptors (Lipinski definition) is 3. The van der Waals surface area contributed by atoms with Crippen molar-refractivity contribution < 1.29 is 107 Å². The van der Waals surface area contributed by atoms with Gasteiger partial charge in [-0.25, -0.2) is 9.13 Å². The minimum Gasteiger partial charge on any atom is -0.390 e. The van der Waals surface area contributed by atoms with Crippen molar-refractivity contribution in [3.63, 3.8) is 0 Å². The van der Waals surface area contributed by atoms with E-state index in [0.717, 1.165) is 4.74 Å². The molecule has 24 heteroatoms. The zero-order valence-electron chi connectivity index (χ0n) is 14.9. The average Bonchev–Trinajstić information content (AvgIpc) is 2.57. The second-order valence-electron chi connectivity index (χ2n) is 5.93. The van der Waals surface area contributed by atoms with Gasteiger partial charge in [-0.3, -0.25) is 4.74 Å². The van der Waals surface area contributed by atoms with Gasteiger partial charge in [0.25, 0.3) is 0 Å². The Morgan fingerprint density at radius 1 is 0.371 bits per heavy atom. The van der Waals surface area contributed by atoms with E-state index in [0.29, 0.717) is 0 Å². The Labute approximate surface area is 175 Å². The molecule has 0 aliphatic rings. The Kier molecular flexibility index (Phi) is 8.09. The lowest BCUT2D eigenvalue weighted by molar-refractivity contribution is -0.547. The zero-order chi connectivity index (χ0) is 29.1. The molecule has 35 heavy (non-hydrogen) atoms. The molecule has 0 aromatic heterocycles. The van der Waals surface area contributed by atoms with E-state index in [-0.39, 0.29) is 0 Å². The van der Waals surface area contributed by atoms with E-state index in [1.165, 1.54) is 0 Å². The average molecular weight is 582 g/mol. The summed E-state index contributed by atoms with van der Waals surface area (Å²) in [6, 6.07) is 0. The molecule has 0 fully saturated rings. The van der Waals surface area contributed by atoms with Gasteiger partial charge in [0.05, 0.1) is 0 Å². The Morgan fingerprint density at radius 2 is 0.657 bits per heavy atom. The van der Waals surface area contributed by atoms with E-state index in [2.05, 4.69) is 0 Å². The van der Waals surface area contributed by atoms with Crippen molar-refractivity contribution in [1.82, 2.24) is 0 Å². The molecule has 0 saturated heterocycles. The molecule has 0 amide bonds. The zero-order valence-corrected chi connectivity index (χ0v) is 14.9. The molecule has 0 aromatic carbocycles. The van der Waals surface area contributed by atoms with Gasteiger partial charge in [0.2, 0.25) is 0 Å². The van der Waals surface area contributed by atoms with E-state index in [4.69, 9.17) is 5.11 Å². The third kappa shape index (κ3) is 5.13. The summed E-state index contributed by atoms with van der Waals surface area (Å²) in [5, 5.41) is 8.15. The molecule has 0 aromatic rings. The van der Waals surface area contributed by atoms with Crippen LogP contribution in [0, 0.1) is 0 Å². The number of halogens is 21. The second-order valence-corrected chi connectivity index (χ2v) is 5.93. The highest BCUT2D eigenvalue weighted by molar-refractivity contribution is 5.02. The van der Waals surface area contributed by atoms with E-state index in [9.17, 15) is 92.2 Å². The molecule has 0 bridgehead atoms. The highest BCUT2D eigenvalue weighted by Gasteiger charge is 2.87. The van der Waals surface area contributed by atoms with Crippen LogP contribution in [-0.4, -0.2) is 71.9 Å². The molecular formula is C11H3F21O3. The topological polar surface area (TPSA) is 38.7 Å². The number of rotatable bonds is 10. The Morgan fingerprint density at radius 3 is 0.943 bits per heavy atom. The van der Waals surface area contributed by atoms with E-state index >= 15 is 0 Å². The third-order valence-corrected chi connectivity index (χ3v) is 3.42. The van der Waals surface area contributed by atoms with Gasteiger partial charge in [0.1, 0.15) is 6.61 Å². The quantitative estimate of drug-likeness (QED) is 0.316. The lowest BCUT2D eigenvalue weighted by atomic mass is 10.0. The molecule has 1 atom stereocenters. The molecule has 0 saturated carbocycles. The Hall–Kier alpha value is -1.59. The van der Waals surface area contributed by atoms with E-state index in [1.807, 2.05) is 0 Å². The van der Waals surface area contributed by atoms with Gasteiger partial charge in [-0.1, -0.05) is 0 Å². The standard InChI is InChI=1S/C11H3F21O3/c12-2(1-33,3(13,14)4(15,16)7(21,22)23)34-10(29,30)11(31,32)35-9(27,28)6(19,20)5(17,18)8(24,25)26/h33H,1H2. The number of hydrogen-bond donors (Lipinski definition) is 1. The molecule has 3 nitrogen and oxygen atoms in total. The third-order valence-electron chi connectivity index (χ3n) is 3.42. The van der Waals surface area contributed by atoms with Crippen LogP contribution in [-0.2, 0) is 9.47 Å². The molecular weight excluding hydrogens is 579 g/mol. The summed E-state index contributed by atoms with van der Waals surface area (Å²) in [6.07, 6.45) is -39.4. The molecule has 0 aliphatic carbocycles. The van der Waals surface area contributed by atoms with Crippen LogP contribution in [0.3, 0.4) is 0 Å². The summed E-state index contributed by atoms with van der Waals surface area (Å²) in [5.41, 5.74) is 0. The van der Waals surface area contributed by atoms with Gasteiger partial charge in [0.15, 0.2) is 0 Å². The van der Waals surface area contributed by atoms with Crippen LogP contribution in [0.1, 0.15) is 0 Å². The summed E-state index contributed by atoms with van der Waals surface area (Å²) in [6.45, 7) is -3.88. The number of aliphatic hydroxyl groups is 1. The predicted octanol–water partition coefficient (Wildman–Crippen LogP) is 6.12. The van der Waals surface area contributed by atoms with Crippen molar-refractivity contribution in [3.05, 3.63) is 0 Å². The minimum absolute atomic E-state index is 1.12. The molecule has 0 radical (unpaired) electrons. The first-order valence-corrected chi connectivity index (χ1v) is 7.20. The monoisotopic (exact) mass is 582 g/mol. The molecule has 1 unspecified atom stereocenters. The number of aliphatic hydroxyl groups excluding tert-OH is 1. The fraction of sp³-hybridized carbons (Fsp3) is 1.00. The lowest BCUT2D eigenvalue weighted by Crippen LogP contribution is -2.68. The van der Waals surface area contributed by atoms with Crippen molar-refractivity contribution in [1.29, 1.82) is 0 Å². The molecule has 0 aliphatic heterocycles. The van der Waals surface area contributed by atoms with Gasteiger partial charge in [-0.05, 0) is 0 Å². The van der Waals surface area contributed by atoms with Crippen molar-refractivity contribution in [2.24, 2.45) is 0 Å². The Bertz CT molecular complexity index is 751. The van der Waals surface area contributed by atoms with Crippen LogP contribution in [0.5, 0.6) is 0 Å². The van der Waals surface area contributed by atoms with Crippen molar-refractivity contribution in [2.75, 3.05) is 6.61 Å². The van der Waals surface area contributed by atoms with Crippen LogP contribution in [0.15, 0.2) is 0 Å². The maximum atomic E-state index is 13.7. The molecule has 0 spiro atoms. The maximum absolute atomic E-state index is 13.7. The molecule has 212 valence electrons. The van der Waals surface area contributed by atoms with Gasteiger partial charge in [-0.2, -0.15) is 87.8 Å². The minimum atomic E-state index is -8.26. The second kappa shape index (κ2) is 8.48. The summed E-state index contributed by atoms with van der Waals surface area (Å²) in [5.74, 6) is -39.2. The summed E-state index contributed by atoms with van der Waals surface area (Å²) < 4.78 is 269. The van der Waals surface area contributed by atoms with Crippen LogP contribution in [0.25, 0.3) is 0 Å². The molecule has 0 rings (SSSR count). The van der Waals surface area contributed by atoms with E-state index in [1.54, 1.807) is 4.74 Å². The van der Waals surface area contributed by atoms with Gasteiger partial charge < -0.3 is 5.11 Å². The van der Waals surface area contributed by atoms with Crippen LogP contribution >= 0.6 is 0 Å². The van der Waals surface area contributed by atoms with Gasteiger partial charge in [-0.15, -0.1) is 0 Å². The predicted molar refractivity (Wildman–Crippen MR) is 59.8 cm³/mol. The highest BCUT2D eigenvalue weighted by Crippen LogP contribution is 2.58. The van der Waals surface area contributed by atoms with Gasteiger partial charge >= 0.3 is 60.2 Å². The van der Waals surface area contributed by atoms with Crippen LogP contribution in [0.4, 0.5) is 92.2 Å². The first kappa shape index (κ1) is 33.4. The normalized spacial score (nSPS) is 18.0. The number of ether oxygens (including phenoxy) is 2. The largest absolute Gasteiger partial charge is 0.460 e. The van der Waals surface area contributed by atoms with Crippen molar-refractivity contribution in [2.45, 2.75) is 60.2 Å². The van der Waals surface area contributed by atoms with Crippen molar-refractivity contribution in [3.8, 4) is 0 Å². The smallest absolute Gasteiger partial charge is 0.390 e. The highest BCUT2D eigenvalue weighted by atomic mass is 19.4.